The molecule has 4 nitrogen and oxygen atoms in total. The highest BCUT2D eigenvalue weighted by Crippen LogP contribution is 2.65. The first-order chi connectivity index (χ1) is 10.8. The second kappa shape index (κ2) is 5.22. The van der Waals surface area contributed by atoms with Crippen LogP contribution < -0.4 is 10.6 Å². The summed E-state index contributed by atoms with van der Waals surface area (Å²) in [6, 6.07) is 7.21. The summed E-state index contributed by atoms with van der Waals surface area (Å²) in [6.07, 6.45) is 2.91. The van der Waals surface area contributed by atoms with Gasteiger partial charge in [0.1, 0.15) is 0 Å². The minimum atomic E-state index is -0.412. The van der Waals surface area contributed by atoms with Crippen LogP contribution in [-0.2, 0) is 9.59 Å². The maximum atomic E-state index is 12.9. The fraction of sp³-hybridized carbons (Fsp3) is 0.474. The molecule has 0 aliphatic heterocycles. The van der Waals surface area contributed by atoms with Crippen LogP contribution in [0.2, 0.25) is 0 Å². The predicted octanol–water partition coefficient (Wildman–Crippen LogP) is 3.97. The van der Waals surface area contributed by atoms with Gasteiger partial charge < -0.3 is 10.6 Å². The Morgan fingerprint density at radius 2 is 1.70 bits per heavy atom. The molecule has 1 aromatic carbocycles. The van der Waals surface area contributed by atoms with Gasteiger partial charge in [0.2, 0.25) is 11.8 Å². The smallest absolute Gasteiger partial charge is 0.234 e. The van der Waals surface area contributed by atoms with Crippen LogP contribution in [0.5, 0.6) is 0 Å². The minimum absolute atomic E-state index is 0.0465. The first kappa shape index (κ1) is 15.8. The Kier molecular flexibility index (Phi) is 3.58. The average molecular weight is 312 g/mol. The maximum absolute atomic E-state index is 12.9. The molecule has 0 aromatic heterocycles. The van der Waals surface area contributed by atoms with Gasteiger partial charge in [-0.05, 0) is 54.9 Å². The zero-order valence-electron chi connectivity index (χ0n) is 14.0. The molecule has 1 aromatic rings. The maximum Gasteiger partial charge on any atom is 0.234 e. The number of nitrogens with one attached hydrogen (secondary N) is 2. The van der Waals surface area contributed by atoms with Crippen molar-refractivity contribution < 1.29 is 9.59 Å². The van der Waals surface area contributed by atoms with Crippen molar-refractivity contribution in [2.24, 2.45) is 16.7 Å². The topological polar surface area (TPSA) is 58.2 Å². The molecule has 0 saturated heterocycles. The Labute approximate surface area is 137 Å². The van der Waals surface area contributed by atoms with Crippen LogP contribution in [-0.4, -0.2) is 11.8 Å². The van der Waals surface area contributed by atoms with E-state index >= 15 is 0 Å². The fourth-order valence-corrected chi connectivity index (χ4v) is 4.23. The van der Waals surface area contributed by atoms with E-state index in [1.54, 1.807) is 12.1 Å². The summed E-state index contributed by atoms with van der Waals surface area (Å²) in [7, 11) is 0. The SMILES string of the molecule is C=C1C(C)(C)[C@H]2CC[C@@]1(C(=O)Nc1ccc(NC(C)=O)cc1)C2. The van der Waals surface area contributed by atoms with Crippen LogP contribution in [0.4, 0.5) is 11.4 Å². The van der Waals surface area contributed by atoms with E-state index < -0.39 is 5.41 Å². The van der Waals surface area contributed by atoms with Crippen molar-refractivity contribution >= 4 is 23.2 Å². The molecule has 2 fully saturated rings. The lowest BCUT2D eigenvalue weighted by atomic mass is 9.68. The lowest BCUT2D eigenvalue weighted by Crippen LogP contribution is -2.37. The van der Waals surface area contributed by atoms with Crippen LogP contribution in [0.3, 0.4) is 0 Å². The van der Waals surface area contributed by atoms with E-state index in [9.17, 15) is 9.59 Å². The van der Waals surface area contributed by atoms with E-state index in [4.69, 9.17) is 0 Å². The number of fused-ring (bicyclic) bond motifs is 2. The molecule has 4 heteroatoms. The number of carbonyl (C=O) groups excluding carboxylic acids is 2. The molecular weight excluding hydrogens is 288 g/mol. The molecule has 2 aliphatic carbocycles. The molecule has 2 bridgehead atoms. The molecule has 122 valence electrons. The van der Waals surface area contributed by atoms with Crippen LogP contribution in [0.25, 0.3) is 0 Å². The Bertz CT molecular complexity index is 675. The van der Waals surface area contributed by atoms with Gasteiger partial charge in [-0.2, -0.15) is 0 Å². The molecule has 2 N–H and O–H groups in total. The number of carbonyl (C=O) groups is 2. The van der Waals surface area contributed by atoms with Crippen LogP contribution in [0.1, 0.15) is 40.0 Å². The standard InChI is InChI=1S/C19H24N2O2/c1-12-18(3,4)14-9-10-19(12,11-14)17(23)21-16-7-5-15(6-8-16)20-13(2)22/h5-8,14H,1,9-11H2,2-4H3,(H,20,22)(H,21,23)/t14-,19+/m0/s1. The summed E-state index contributed by atoms with van der Waals surface area (Å²) >= 11 is 0. The largest absolute Gasteiger partial charge is 0.326 e. The van der Waals surface area contributed by atoms with Crippen LogP contribution >= 0.6 is 0 Å². The van der Waals surface area contributed by atoms with Gasteiger partial charge in [0.15, 0.2) is 0 Å². The zero-order valence-corrected chi connectivity index (χ0v) is 14.0. The summed E-state index contributed by atoms with van der Waals surface area (Å²) in [5.74, 6) is 0.507. The summed E-state index contributed by atoms with van der Waals surface area (Å²) < 4.78 is 0. The average Bonchev–Trinajstić information content (AvgIpc) is 3.01. The third kappa shape index (κ3) is 2.46. The summed E-state index contributed by atoms with van der Waals surface area (Å²) in [6.45, 7) is 10.1. The lowest BCUT2D eigenvalue weighted by molar-refractivity contribution is -0.123. The number of hydrogen-bond acceptors (Lipinski definition) is 2. The molecule has 3 rings (SSSR count). The lowest BCUT2D eigenvalue weighted by Gasteiger charge is -2.37. The van der Waals surface area contributed by atoms with E-state index in [-0.39, 0.29) is 17.2 Å². The number of amides is 2. The van der Waals surface area contributed by atoms with Crippen molar-refractivity contribution in [3.05, 3.63) is 36.4 Å². The van der Waals surface area contributed by atoms with Gasteiger partial charge in [-0.1, -0.05) is 26.0 Å². The monoisotopic (exact) mass is 312 g/mol. The second-order valence-corrected chi connectivity index (χ2v) is 7.43. The highest BCUT2D eigenvalue weighted by molar-refractivity contribution is 5.98. The molecule has 0 spiro atoms. The van der Waals surface area contributed by atoms with Crippen molar-refractivity contribution in [2.45, 2.75) is 40.0 Å². The normalized spacial score (nSPS) is 27.8. The predicted molar refractivity (Wildman–Crippen MR) is 92.1 cm³/mol. The molecule has 0 heterocycles. The van der Waals surface area contributed by atoms with Gasteiger partial charge in [-0.15, -0.1) is 0 Å². The summed E-state index contributed by atoms with van der Waals surface area (Å²) in [4.78, 5) is 24.0. The first-order valence-corrected chi connectivity index (χ1v) is 8.15. The van der Waals surface area contributed by atoms with Crippen molar-refractivity contribution in [3.63, 3.8) is 0 Å². The van der Waals surface area contributed by atoms with E-state index in [1.807, 2.05) is 12.1 Å². The van der Waals surface area contributed by atoms with E-state index in [0.717, 1.165) is 36.2 Å². The number of hydrogen-bond donors (Lipinski definition) is 2. The quantitative estimate of drug-likeness (QED) is 0.830. The van der Waals surface area contributed by atoms with Crippen molar-refractivity contribution in [1.29, 1.82) is 0 Å². The summed E-state index contributed by atoms with van der Waals surface area (Å²) in [5.41, 5.74) is 2.18. The van der Waals surface area contributed by atoms with Gasteiger partial charge in [-0.3, -0.25) is 9.59 Å². The highest BCUT2D eigenvalue weighted by Gasteiger charge is 2.60. The molecule has 23 heavy (non-hydrogen) atoms. The van der Waals surface area contributed by atoms with Crippen LogP contribution in [0, 0.1) is 16.7 Å². The van der Waals surface area contributed by atoms with E-state index in [1.165, 1.54) is 6.92 Å². The van der Waals surface area contributed by atoms with Gasteiger partial charge in [0.25, 0.3) is 0 Å². The van der Waals surface area contributed by atoms with Crippen molar-refractivity contribution in [3.8, 4) is 0 Å². The Morgan fingerprint density at radius 3 is 2.17 bits per heavy atom. The third-order valence-electron chi connectivity index (χ3n) is 5.79. The highest BCUT2D eigenvalue weighted by atomic mass is 16.2. The Hall–Kier alpha value is -2.10. The molecular formula is C19H24N2O2. The van der Waals surface area contributed by atoms with Crippen molar-refractivity contribution in [2.75, 3.05) is 10.6 Å². The summed E-state index contributed by atoms with van der Waals surface area (Å²) in [5, 5.41) is 5.76. The zero-order chi connectivity index (χ0) is 16.8. The fourth-order valence-electron chi connectivity index (χ4n) is 4.23. The van der Waals surface area contributed by atoms with Gasteiger partial charge in [0, 0.05) is 18.3 Å². The van der Waals surface area contributed by atoms with Gasteiger partial charge in [-0.25, -0.2) is 0 Å². The number of rotatable bonds is 3. The molecule has 2 amide bonds. The molecule has 0 unspecified atom stereocenters. The van der Waals surface area contributed by atoms with Gasteiger partial charge >= 0.3 is 0 Å². The third-order valence-corrected chi connectivity index (χ3v) is 5.79. The van der Waals surface area contributed by atoms with E-state index in [2.05, 4.69) is 31.1 Å². The van der Waals surface area contributed by atoms with Gasteiger partial charge in [0.05, 0.1) is 5.41 Å². The number of anilines is 2. The molecule has 2 aliphatic rings. The first-order valence-electron chi connectivity index (χ1n) is 8.15. The second-order valence-electron chi connectivity index (χ2n) is 7.43. The van der Waals surface area contributed by atoms with Crippen LogP contribution in [0.15, 0.2) is 36.4 Å². The Morgan fingerprint density at radius 1 is 1.13 bits per heavy atom. The van der Waals surface area contributed by atoms with E-state index in [0.29, 0.717) is 5.92 Å². The van der Waals surface area contributed by atoms with Crippen molar-refractivity contribution in [1.82, 2.24) is 0 Å². The number of benzene rings is 1. The Balaban J connectivity index is 1.75. The minimum Gasteiger partial charge on any atom is -0.326 e. The molecule has 0 radical (unpaired) electrons. The molecule has 2 atom stereocenters. The molecule has 2 saturated carbocycles.